The lowest BCUT2D eigenvalue weighted by Crippen LogP contribution is -2.38. The largest absolute Gasteiger partial charge is 0.292 e. The first-order valence-corrected chi connectivity index (χ1v) is 9.42. The third kappa shape index (κ3) is 1.69. The second-order valence-electron chi connectivity index (χ2n) is 6.35. The number of thioether (sulfide) groups is 1. The molecule has 1 atom stereocenters. The molecule has 1 unspecified atom stereocenters. The van der Waals surface area contributed by atoms with E-state index in [9.17, 15) is 4.79 Å². The molecule has 0 saturated carbocycles. The smallest absolute Gasteiger partial charge is 0.260 e. The number of nitrogens with zero attached hydrogens (tertiary/aromatic N) is 2. The van der Waals surface area contributed by atoms with Crippen molar-refractivity contribution in [3.63, 3.8) is 0 Å². The van der Waals surface area contributed by atoms with E-state index in [1.165, 1.54) is 5.56 Å². The standard InChI is InChI=1S/C17H17BrN2OS/c1-20-14(21)17(19-15(20)22-2)10-16(7-3-4-8-16)12-6-5-11(18)9-13(12)17/h3-6,9H,7-8,10H2,1-2H3. The van der Waals surface area contributed by atoms with Crippen LogP contribution in [-0.4, -0.2) is 29.3 Å². The third-order valence-electron chi connectivity index (χ3n) is 5.19. The average molecular weight is 377 g/mol. The summed E-state index contributed by atoms with van der Waals surface area (Å²) in [5, 5.41) is 0.818. The second kappa shape index (κ2) is 4.71. The first-order chi connectivity index (χ1) is 10.5. The molecule has 1 amide bonds. The van der Waals surface area contributed by atoms with Gasteiger partial charge < -0.3 is 0 Å². The SMILES string of the molecule is CSC1=NC2(CC3(CC=CC3)c3ccc(Br)cc32)C(=O)N1C. The zero-order valence-electron chi connectivity index (χ0n) is 12.6. The number of likely N-dealkylation sites (N-methyl/N-ethyl adjacent to an activating group) is 1. The zero-order chi connectivity index (χ0) is 15.5. The predicted octanol–water partition coefficient (Wildman–Crippen LogP) is 3.83. The van der Waals surface area contributed by atoms with Gasteiger partial charge in [-0.15, -0.1) is 0 Å². The molecule has 2 spiro atoms. The summed E-state index contributed by atoms with van der Waals surface area (Å²) < 4.78 is 1.01. The Morgan fingerprint density at radius 3 is 2.64 bits per heavy atom. The molecule has 2 aliphatic carbocycles. The normalized spacial score (nSPS) is 28.0. The highest BCUT2D eigenvalue weighted by molar-refractivity contribution is 9.10. The average Bonchev–Trinajstić information content (AvgIpc) is 3.14. The molecule has 0 saturated heterocycles. The molecule has 1 aromatic carbocycles. The lowest BCUT2D eigenvalue weighted by Gasteiger charge is -2.26. The second-order valence-corrected chi connectivity index (χ2v) is 8.04. The van der Waals surface area contributed by atoms with Crippen molar-refractivity contribution in [2.24, 2.45) is 4.99 Å². The van der Waals surface area contributed by atoms with Gasteiger partial charge >= 0.3 is 0 Å². The fourth-order valence-corrected chi connectivity index (χ4v) is 5.16. The Hall–Kier alpha value is -1.07. The van der Waals surface area contributed by atoms with E-state index in [2.05, 4.69) is 46.3 Å². The Kier molecular flexibility index (Phi) is 3.11. The number of carbonyl (C=O) groups excluding carboxylic acids is 1. The van der Waals surface area contributed by atoms with Crippen molar-refractivity contribution in [2.45, 2.75) is 30.2 Å². The summed E-state index contributed by atoms with van der Waals surface area (Å²) in [5.41, 5.74) is 1.71. The minimum absolute atomic E-state index is 0.0455. The quantitative estimate of drug-likeness (QED) is 0.644. The summed E-state index contributed by atoms with van der Waals surface area (Å²) in [6.07, 6.45) is 9.26. The van der Waals surface area contributed by atoms with Gasteiger partial charge in [-0.25, -0.2) is 4.99 Å². The van der Waals surface area contributed by atoms with Crippen molar-refractivity contribution in [2.75, 3.05) is 13.3 Å². The van der Waals surface area contributed by atoms with Gasteiger partial charge in [0.2, 0.25) is 0 Å². The minimum Gasteiger partial charge on any atom is -0.292 e. The molecule has 4 rings (SSSR count). The van der Waals surface area contributed by atoms with Crippen LogP contribution >= 0.6 is 27.7 Å². The number of hydrogen-bond donors (Lipinski definition) is 0. The fourth-order valence-electron chi connectivity index (χ4n) is 4.19. The first-order valence-electron chi connectivity index (χ1n) is 7.40. The lowest BCUT2D eigenvalue weighted by atomic mass is 9.78. The highest BCUT2D eigenvalue weighted by atomic mass is 79.9. The molecular formula is C17H17BrN2OS. The molecule has 3 nitrogen and oxygen atoms in total. The fraction of sp³-hybridized carbons (Fsp3) is 0.412. The van der Waals surface area contributed by atoms with E-state index in [-0.39, 0.29) is 11.3 Å². The molecule has 0 bridgehead atoms. The van der Waals surface area contributed by atoms with Crippen molar-refractivity contribution in [1.29, 1.82) is 0 Å². The summed E-state index contributed by atoms with van der Waals surface area (Å²) in [5.74, 6) is 0.111. The Labute approximate surface area is 143 Å². The van der Waals surface area contributed by atoms with E-state index in [4.69, 9.17) is 4.99 Å². The number of allylic oxidation sites excluding steroid dienone is 2. The van der Waals surface area contributed by atoms with Crippen LogP contribution in [0.2, 0.25) is 0 Å². The molecule has 3 aliphatic rings. The van der Waals surface area contributed by atoms with Crippen LogP contribution in [0, 0.1) is 0 Å². The molecule has 1 aliphatic heterocycles. The summed E-state index contributed by atoms with van der Waals surface area (Å²) in [7, 11) is 1.84. The Balaban J connectivity index is 1.95. The van der Waals surface area contributed by atoms with Crippen molar-refractivity contribution in [3.05, 3.63) is 46.0 Å². The van der Waals surface area contributed by atoms with Gasteiger partial charge in [0, 0.05) is 16.9 Å². The monoisotopic (exact) mass is 376 g/mol. The number of rotatable bonds is 0. The van der Waals surface area contributed by atoms with Crippen molar-refractivity contribution in [1.82, 2.24) is 4.90 Å². The first kappa shape index (κ1) is 14.5. The molecular weight excluding hydrogens is 360 g/mol. The van der Waals surface area contributed by atoms with Gasteiger partial charge in [-0.05, 0) is 48.8 Å². The molecule has 114 valence electrons. The number of hydrogen-bond acceptors (Lipinski definition) is 3. The zero-order valence-corrected chi connectivity index (χ0v) is 15.0. The summed E-state index contributed by atoms with van der Waals surface area (Å²) in [6.45, 7) is 0. The van der Waals surface area contributed by atoms with E-state index in [0.29, 0.717) is 0 Å². The van der Waals surface area contributed by atoms with Crippen LogP contribution in [-0.2, 0) is 15.7 Å². The molecule has 0 aromatic heterocycles. The van der Waals surface area contributed by atoms with Gasteiger partial charge in [0.05, 0.1) is 0 Å². The van der Waals surface area contributed by atoms with E-state index >= 15 is 0 Å². The van der Waals surface area contributed by atoms with E-state index in [1.54, 1.807) is 16.7 Å². The Morgan fingerprint density at radius 2 is 2.00 bits per heavy atom. The maximum Gasteiger partial charge on any atom is 0.260 e. The summed E-state index contributed by atoms with van der Waals surface area (Å²) in [6, 6.07) is 6.36. The van der Waals surface area contributed by atoms with Crippen LogP contribution < -0.4 is 0 Å². The van der Waals surface area contributed by atoms with Crippen molar-refractivity contribution < 1.29 is 4.79 Å². The molecule has 1 heterocycles. The van der Waals surface area contributed by atoms with Gasteiger partial charge in [-0.3, -0.25) is 9.69 Å². The number of halogens is 1. The van der Waals surface area contributed by atoms with Gasteiger partial charge in [0.15, 0.2) is 10.7 Å². The molecule has 0 fully saturated rings. The van der Waals surface area contributed by atoms with E-state index in [0.717, 1.165) is 34.5 Å². The molecule has 1 aromatic rings. The number of amidine groups is 1. The number of aliphatic imine (C=N–C) groups is 1. The molecule has 0 radical (unpaired) electrons. The maximum absolute atomic E-state index is 13.1. The van der Waals surface area contributed by atoms with Crippen LogP contribution in [0.4, 0.5) is 0 Å². The van der Waals surface area contributed by atoms with Gasteiger partial charge in [-0.1, -0.05) is 45.9 Å². The topological polar surface area (TPSA) is 32.7 Å². The highest BCUT2D eigenvalue weighted by Crippen LogP contribution is 2.58. The van der Waals surface area contributed by atoms with Gasteiger partial charge in [-0.2, -0.15) is 0 Å². The Bertz CT molecular complexity index is 734. The number of carbonyl (C=O) groups is 1. The van der Waals surface area contributed by atoms with E-state index in [1.807, 2.05) is 13.3 Å². The molecule has 22 heavy (non-hydrogen) atoms. The van der Waals surface area contributed by atoms with Crippen LogP contribution in [0.25, 0.3) is 0 Å². The lowest BCUT2D eigenvalue weighted by molar-refractivity contribution is -0.130. The number of amides is 1. The van der Waals surface area contributed by atoms with Crippen LogP contribution in [0.3, 0.4) is 0 Å². The number of fused-ring (bicyclic) bond motifs is 3. The minimum atomic E-state index is -0.724. The molecule has 5 heteroatoms. The van der Waals surface area contributed by atoms with Crippen molar-refractivity contribution >= 4 is 38.8 Å². The summed E-state index contributed by atoms with van der Waals surface area (Å²) in [4.78, 5) is 19.7. The van der Waals surface area contributed by atoms with Crippen LogP contribution in [0.1, 0.15) is 30.4 Å². The number of benzene rings is 1. The van der Waals surface area contributed by atoms with Crippen molar-refractivity contribution in [3.8, 4) is 0 Å². The maximum atomic E-state index is 13.1. The van der Waals surface area contributed by atoms with E-state index < -0.39 is 5.54 Å². The van der Waals surface area contributed by atoms with Gasteiger partial charge in [0.25, 0.3) is 5.91 Å². The molecule has 0 N–H and O–H groups in total. The van der Waals surface area contributed by atoms with Crippen LogP contribution in [0.15, 0.2) is 39.8 Å². The third-order valence-corrected chi connectivity index (χ3v) is 6.41. The highest BCUT2D eigenvalue weighted by Gasteiger charge is 2.59. The predicted molar refractivity (Wildman–Crippen MR) is 94.2 cm³/mol. The van der Waals surface area contributed by atoms with Gasteiger partial charge in [0.1, 0.15) is 0 Å². The summed E-state index contributed by atoms with van der Waals surface area (Å²) >= 11 is 5.11. The Morgan fingerprint density at radius 1 is 1.27 bits per heavy atom. The van der Waals surface area contributed by atoms with Crippen LogP contribution in [0.5, 0.6) is 0 Å².